The summed E-state index contributed by atoms with van der Waals surface area (Å²) in [5, 5.41) is 3.47. The molecule has 19 heavy (non-hydrogen) atoms. The molecule has 3 heteroatoms. The van der Waals surface area contributed by atoms with Gasteiger partial charge in [-0.1, -0.05) is 44.0 Å². The lowest BCUT2D eigenvalue weighted by atomic mass is 9.89. The van der Waals surface area contributed by atoms with Gasteiger partial charge in [0.15, 0.2) is 0 Å². The Morgan fingerprint density at radius 1 is 1.32 bits per heavy atom. The monoisotopic (exact) mass is 260 g/mol. The minimum Gasteiger partial charge on any atom is -0.368 e. The summed E-state index contributed by atoms with van der Waals surface area (Å²) >= 11 is 0. The lowest BCUT2D eigenvalue weighted by Gasteiger charge is -2.31. The first-order chi connectivity index (χ1) is 9.06. The normalized spacial score (nSPS) is 19.3. The smallest absolute Gasteiger partial charge is 0.242 e. The van der Waals surface area contributed by atoms with Crippen molar-refractivity contribution < 1.29 is 4.79 Å². The second-order valence-corrected chi connectivity index (χ2v) is 5.67. The Hall–Kier alpha value is -1.35. The molecular formula is C16H24N2O. The summed E-state index contributed by atoms with van der Waals surface area (Å²) in [7, 11) is 0. The second-order valence-electron chi connectivity index (χ2n) is 5.67. The molecule has 1 aromatic rings. The minimum absolute atomic E-state index is 0.302. The van der Waals surface area contributed by atoms with Gasteiger partial charge in [0, 0.05) is 6.04 Å². The number of nitrogens with two attached hydrogens (primary N) is 1. The van der Waals surface area contributed by atoms with E-state index < -0.39 is 5.54 Å². The van der Waals surface area contributed by atoms with Crippen molar-refractivity contribution in [2.75, 3.05) is 0 Å². The van der Waals surface area contributed by atoms with Crippen molar-refractivity contribution in [2.24, 2.45) is 5.73 Å². The van der Waals surface area contributed by atoms with Crippen molar-refractivity contribution in [2.45, 2.75) is 57.5 Å². The number of rotatable bonds is 5. The van der Waals surface area contributed by atoms with Gasteiger partial charge in [-0.05, 0) is 37.3 Å². The van der Waals surface area contributed by atoms with Crippen molar-refractivity contribution >= 4 is 5.91 Å². The Balaban J connectivity index is 2.23. The molecule has 1 saturated carbocycles. The number of amides is 1. The largest absolute Gasteiger partial charge is 0.368 e. The Morgan fingerprint density at radius 2 is 1.89 bits per heavy atom. The van der Waals surface area contributed by atoms with Crippen LogP contribution in [0.4, 0.5) is 0 Å². The maximum Gasteiger partial charge on any atom is 0.242 e. The van der Waals surface area contributed by atoms with Crippen molar-refractivity contribution in [3.8, 4) is 0 Å². The maximum absolute atomic E-state index is 11.9. The third kappa shape index (κ3) is 2.98. The fourth-order valence-corrected chi connectivity index (χ4v) is 2.85. The lowest BCUT2D eigenvalue weighted by molar-refractivity contribution is -0.124. The molecule has 0 bridgehead atoms. The maximum atomic E-state index is 11.9. The highest BCUT2D eigenvalue weighted by atomic mass is 16.1. The summed E-state index contributed by atoms with van der Waals surface area (Å²) in [5.74, 6) is -0.302. The Labute approximate surface area is 115 Å². The predicted octanol–water partition coefficient (Wildman–Crippen LogP) is 2.48. The lowest BCUT2D eigenvalue weighted by Crippen LogP contribution is -2.53. The van der Waals surface area contributed by atoms with Crippen LogP contribution >= 0.6 is 0 Å². The zero-order chi connectivity index (χ0) is 13.9. The molecule has 1 fully saturated rings. The van der Waals surface area contributed by atoms with Crippen LogP contribution in [0.2, 0.25) is 0 Å². The van der Waals surface area contributed by atoms with E-state index in [-0.39, 0.29) is 5.91 Å². The Kier molecular flexibility index (Phi) is 4.25. The first-order valence-corrected chi connectivity index (χ1v) is 7.23. The van der Waals surface area contributed by atoms with Gasteiger partial charge in [-0.2, -0.15) is 0 Å². The molecule has 1 aromatic carbocycles. The highest BCUT2D eigenvalue weighted by Gasteiger charge is 2.35. The molecule has 2 rings (SSSR count). The summed E-state index contributed by atoms with van der Waals surface area (Å²) in [6.45, 7) is 4.02. The first kappa shape index (κ1) is 14.1. The Morgan fingerprint density at radius 3 is 2.37 bits per heavy atom. The van der Waals surface area contributed by atoms with Crippen LogP contribution in [0.1, 0.15) is 50.7 Å². The third-order valence-electron chi connectivity index (χ3n) is 4.28. The predicted molar refractivity (Wildman–Crippen MR) is 77.8 cm³/mol. The van der Waals surface area contributed by atoms with Crippen molar-refractivity contribution in [3.63, 3.8) is 0 Å². The van der Waals surface area contributed by atoms with Gasteiger partial charge in [-0.25, -0.2) is 0 Å². The van der Waals surface area contributed by atoms with Crippen LogP contribution in [0.3, 0.4) is 0 Å². The molecule has 1 aliphatic rings. The number of carbonyl (C=O) groups excluding carboxylic acids is 1. The van der Waals surface area contributed by atoms with Gasteiger partial charge >= 0.3 is 0 Å². The van der Waals surface area contributed by atoms with Gasteiger partial charge in [-0.3, -0.25) is 10.1 Å². The zero-order valence-corrected chi connectivity index (χ0v) is 11.9. The average Bonchev–Trinajstić information content (AvgIpc) is 2.91. The topological polar surface area (TPSA) is 55.1 Å². The Bertz CT molecular complexity index is 435. The van der Waals surface area contributed by atoms with Gasteiger partial charge < -0.3 is 5.73 Å². The van der Waals surface area contributed by atoms with E-state index in [0.29, 0.717) is 6.04 Å². The molecule has 1 atom stereocenters. The molecule has 1 amide bonds. The van der Waals surface area contributed by atoms with E-state index in [2.05, 4.69) is 24.4 Å². The molecule has 0 aromatic heterocycles. The zero-order valence-electron chi connectivity index (χ0n) is 11.9. The van der Waals surface area contributed by atoms with Crippen molar-refractivity contribution in [1.82, 2.24) is 5.32 Å². The standard InChI is InChI=1S/C16H24N2O/c1-3-12-8-10-13(11-9-12)16(2,15(17)19)18-14-6-4-5-7-14/h8-11,14,18H,3-7H2,1-2H3,(H2,17,19). The van der Waals surface area contributed by atoms with Gasteiger partial charge in [0.1, 0.15) is 5.54 Å². The molecule has 0 heterocycles. The van der Waals surface area contributed by atoms with Crippen molar-refractivity contribution in [1.29, 1.82) is 0 Å². The van der Waals surface area contributed by atoms with Gasteiger partial charge in [-0.15, -0.1) is 0 Å². The molecule has 0 radical (unpaired) electrons. The molecule has 0 saturated heterocycles. The van der Waals surface area contributed by atoms with Crippen molar-refractivity contribution in [3.05, 3.63) is 35.4 Å². The fraction of sp³-hybridized carbons (Fsp3) is 0.562. The van der Waals surface area contributed by atoms with E-state index in [1.165, 1.54) is 18.4 Å². The molecule has 0 spiro atoms. The summed E-state index contributed by atoms with van der Waals surface area (Å²) in [5.41, 5.74) is 7.12. The minimum atomic E-state index is -0.763. The van der Waals surface area contributed by atoms with Crippen LogP contribution in [0.25, 0.3) is 0 Å². The second kappa shape index (κ2) is 5.74. The summed E-state index contributed by atoms with van der Waals surface area (Å²) in [4.78, 5) is 11.9. The SMILES string of the molecule is CCc1ccc(C(C)(NC2CCCC2)C(N)=O)cc1. The highest BCUT2D eigenvalue weighted by Crippen LogP contribution is 2.26. The molecule has 1 aliphatic carbocycles. The number of nitrogens with one attached hydrogen (secondary N) is 1. The van der Waals surface area contributed by atoms with E-state index in [9.17, 15) is 4.79 Å². The van der Waals surface area contributed by atoms with Crippen LogP contribution < -0.4 is 11.1 Å². The van der Waals surface area contributed by atoms with E-state index in [1.54, 1.807) is 0 Å². The van der Waals surface area contributed by atoms with Gasteiger partial charge in [0.05, 0.1) is 0 Å². The van der Waals surface area contributed by atoms with E-state index in [1.807, 2.05) is 19.1 Å². The van der Waals surface area contributed by atoms with E-state index in [4.69, 9.17) is 5.73 Å². The molecule has 1 unspecified atom stereocenters. The number of benzene rings is 1. The molecule has 0 aliphatic heterocycles. The van der Waals surface area contributed by atoms with Crippen LogP contribution in [0.5, 0.6) is 0 Å². The van der Waals surface area contributed by atoms with Crippen LogP contribution in [0.15, 0.2) is 24.3 Å². The molecule has 3 nitrogen and oxygen atoms in total. The first-order valence-electron chi connectivity index (χ1n) is 7.23. The average molecular weight is 260 g/mol. The van der Waals surface area contributed by atoms with Gasteiger partial charge in [0.25, 0.3) is 0 Å². The number of primary amides is 1. The number of aryl methyl sites for hydroxylation is 1. The van der Waals surface area contributed by atoms with Gasteiger partial charge in [0.2, 0.25) is 5.91 Å². The van der Waals surface area contributed by atoms with E-state index in [0.717, 1.165) is 24.8 Å². The summed E-state index contributed by atoms with van der Waals surface area (Å²) in [6, 6.07) is 8.60. The summed E-state index contributed by atoms with van der Waals surface area (Å²) in [6.07, 6.45) is 5.75. The van der Waals surface area contributed by atoms with E-state index >= 15 is 0 Å². The number of hydrogen-bond acceptors (Lipinski definition) is 2. The number of hydrogen-bond donors (Lipinski definition) is 2. The molecule has 3 N–H and O–H groups in total. The molecular weight excluding hydrogens is 236 g/mol. The third-order valence-corrected chi connectivity index (χ3v) is 4.28. The van der Waals surface area contributed by atoms with Crippen LogP contribution in [-0.2, 0) is 16.8 Å². The number of carbonyl (C=O) groups is 1. The fourth-order valence-electron chi connectivity index (χ4n) is 2.85. The van der Waals surface area contributed by atoms with Crippen LogP contribution in [-0.4, -0.2) is 11.9 Å². The quantitative estimate of drug-likeness (QED) is 0.854. The summed E-state index contributed by atoms with van der Waals surface area (Å²) < 4.78 is 0. The van der Waals surface area contributed by atoms with Crippen LogP contribution in [0, 0.1) is 0 Å². The molecule has 104 valence electrons. The highest BCUT2D eigenvalue weighted by molar-refractivity contribution is 5.85.